The number of nitro benzene ring substituents is 1. The molecule has 0 radical (unpaired) electrons. The normalized spacial score (nSPS) is 16.4. The van der Waals surface area contributed by atoms with Gasteiger partial charge in [-0.05, 0) is 49.9 Å². The van der Waals surface area contributed by atoms with Gasteiger partial charge in [0.25, 0.3) is 11.6 Å². The molecule has 2 aromatic carbocycles. The van der Waals surface area contributed by atoms with Crippen molar-refractivity contribution in [1.29, 1.82) is 0 Å². The van der Waals surface area contributed by atoms with E-state index in [-0.39, 0.29) is 11.6 Å². The highest BCUT2D eigenvalue weighted by Crippen LogP contribution is 2.32. The van der Waals surface area contributed by atoms with Crippen LogP contribution in [0.1, 0.15) is 19.4 Å². The summed E-state index contributed by atoms with van der Waals surface area (Å²) in [6, 6.07) is 14.1. The molecule has 1 heterocycles. The van der Waals surface area contributed by atoms with Gasteiger partial charge in [-0.2, -0.15) is 0 Å². The summed E-state index contributed by atoms with van der Waals surface area (Å²) >= 11 is 1.22. The molecule has 1 aliphatic heterocycles. The van der Waals surface area contributed by atoms with Gasteiger partial charge in [0.15, 0.2) is 5.17 Å². The number of amidine groups is 1. The lowest BCUT2D eigenvalue weighted by Gasteiger charge is -2.23. The smallest absolute Gasteiger partial charge is 0.270 e. The molecule has 1 N–H and O–H groups in total. The van der Waals surface area contributed by atoms with Crippen molar-refractivity contribution in [3.8, 4) is 0 Å². The first-order chi connectivity index (χ1) is 13.5. The van der Waals surface area contributed by atoms with Crippen molar-refractivity contribution >= 4 is 46.0 Å². The fourth-order valence-corrected chi connectivity index (χ4v) is 3.70. The maximum atomic E-state index is 12.4. The van der Waals surface area contributed by atoms with Gasteiger partial charge in [-0.1, -0.05) is 18.2 Å². The van der Waals surface area contributed by atoms with Crippen LogP contribution in [-0.4, -0.2) is 29.1 Å². The van der Waals surface area contributed by atoms with Crippen LogP contribution in [0.25, 0.3) is 6.08 Å². The van der Waals surface area contributed by atoms with E-state index in [0.717, 1.165) is 24.5 Å². The first kappa shape index (κ1) is 19.6. The number of carbonyl (C=O) groups is 1. The standard InChI is InChI=1S/C20H20N4O3S/c1-3-23(4-2)17-11-10-16(24(26)27)12-14(17)13-18-19(25)22-20(28-18)21-15-8-6-5-7-9-15/h5-13H,3-4H2,1-2H3,(H,21,22,25)/b18-13-. The molecule has 0 unspecified atom stereocenters. The number of nitro groups is 1. The van der Waals surface area contributed by atoms with Crippen LogP contribution >= 0.6 is 11.8 Å². The van der Waals surface area contributed by atoms with E-state index >= 15 is 0 Å². The van der Waals surface area contributed by atoms with Gasteiger partial charge in [0.2, 0.25) is 0 Å². The predicted molar refractivity (Wildman–Crippen MR) is 114 cm³/mol. The van der Waals surface area contributed by atoms with E-state index in [1.807, 2.05) is 44.2 Å². The number of benzene rings is 2. The highest BCUT2D eigenvalue weighted by molar-refractivity contribution is 8.18. The highest BCUT2D eigenvalue weighted by atomic mass is 32.2. The molecule has 144 valence electrons. The van der Waals surface area contributed by atoms with Crippen LogP contribution in [0, 0.1) is 10.1 Å². The minimum Gasteiger partial charge on any atom is -0.372 e. The van der Waals surface area contributed by atoms with E-state index < -0.39 is 4.92 Å². The van der Waals surface area contributed by atoms with Gasteiger partial charge in [-0.25, -0.2) is 4.99 Å². The van der Waals surface area contributed by atoms with Crippen LogP contribution in [0.2, 0.25) is 0 Å². The molecule has 1 saturated heterocycles. The number of thioether (sulfide) groups is 1. The van der Waals surface area contributed by atoms with Crippen molar-refractivity contribution in [2.24, 2.45) is 4.99 Å². The third-order valence-corrected chi connectivity index (χ3v) is 5.16. The van der Waals surface area contributed by atoms with Crippen LogP contribution in [0.4, 0.5) is 17.1 Å². The summed E-state index contributed by atoms with van der Waals surface area (Å²) in [7, 11) is 0. The third-order valence-electron chi connectivity index (χ3n) is 4.25. The monoisotopic (exact) mass is 396 g/mol. The van der Waals surface area contributed by atoms with Gasteiger partial charge in [0.05, 0.1) is 15.5 Å². The van der Waals surface area contributed by atoms with Crippen molar-refractivity contribution in [3.63, 3.8) is 0 Å². The number of aliphatic imine (C=N–C) groups is 1. The number of para-hydroxylation sites is 1. The Morgan fingerprint density at radius 2 is 1.89 bits per heavy atom. The Morgan fingerprint density at radius 3 is 2.54 bits per heavy atom. The van der Waals surface area contributed by atoms with E-state index in [9.17, 15) is 14.9 Å². The largest absolute Gasteiger partial charge is 0.372 e. The molecule has 0 saturated carbocycles. The zero-order valence-electron chi connectivity index (χ0n) is 15.6. The van der Waals surface area contributed by atoms with E-state index in [1.165, 1.54) is 23.9 Å². The molecule has 0 aliphatic carbocycles. The van der Waals surface area contributed by atoms with Gasteiger partial charge < -0.3 is 10.2 Å². The molecule has 0 bridgehead atoms. The summed E-state index contributed by atoms with van der Waals surface area (Å²) in [5, 5.41) is 14.4. The fraction of sp³-hybridized carbons (Fsp3) is 0.200. The van der Waals surface area contributed by atoms with Gasteiger partial charge in [-0.3, -0.25) is 14.9 Å². The average molecular weight is 396 g/mol. The van der Waals surface area contributed by atoms with Crippen molar-refractivity contribution < 1.29 is 9.72 Å². The molecule has 0 spiro atoms. The Kier molecular flexibility index (Phi) is 6.10. The fourth-order valence-electron chi connectivity index (χ4n) is 2.86. The van der Waals surface area contributed by atoms with Gasteiger partial charge in [0, 0.05) is 36.5 Å². The van der Waals surface area contributed by atoms with Crippen LogP contribution < -0.4 is 10.2 Å². The average Bonchev–Trinajstić information content (AvgIpc) is 3.03. The Morgan fingerprint density at radius 1 is 1.18 bits per heavy atom. The van der Waals surface area contributed by atoms with Crippen LogP contribution in [-0.2, 0) is 4.79 Å². The lowest BCUT2D eigenvalue weighted by molar-refractivity contribution is -0.384. The molecule has 0 atom stereocenters. The van der Waals surface area contributed by atoms with Gasteiger partial charge >= 0.3 is 0 Å². The molecule has 1 amide bonds. The molecule has 8 heteroatoms. The second-order valence-electron chi connectivity index (χ2n) is 5.99. The SMILES string of the molecule is CCN(CC)c1ccc([N+](=O)[O-])cc1/C=C1\SC(=Nc2ccccc2)NC1=O. The summed E-state index contributed by atoms with van der Waals surface area (Å²) in [5.41, 5.74) is 2.22. The summed E-state index contributed by atoms with van der Waals surface area (Å²) in [4.78, 5) is 30.1. The van der Waals surface area contributed by atoms with E-state index in [4.69, 9.17) is 0 Å². The van der Waals surface area contributed by atoms with Crippen LogP contribution in [0.15, 0.2) is 58.4 Å². The summed E-state index contributed by atoms with van der Waals surface area (Å²) in [6.07, 6.45) is 1.69. The maximum absolute atomic E-state index is 12.4. The van der Waals surface area contributed by atoms with E-state index in [1.54, 1.807) is 12.1 Å². The molecular formula is C20H20N4O3S. The molecule has 1 fully saturated rings. The van der Waals surface area contributed by atoms with Crippen LogP contribution in [0.3, 0.4) is 0 Å². The Bertz CT molecular complexity index is 953. The second kappa shape index (κ2) is 8.71. The van der Waals surface area contributed by atoms with Crippen molar-refractivity contribution in [2.75, 3.05) is 18.0 Å². The third kappa shape index (κ3) is 4.40. The number of nitrogens with one attached hydrogen (secondary N) is 1. The first-order valence-electron chi connectivity index (χ1n) is 8.89. The first-order valence-corrected chi connectivity index (χ1v) is 9.71. The number of nitrogens with zero attached hydrogens (tertiary/aromatic N) is 3. The molecule has 0 aromatic heterocycles. The number of non-ortho nitro benzene ring substituents is 1. The van der Waals surface area contributed by atoms with E-state index in [0.29, 0.717) is 15.6 Å². The number of anilines is 1. The number of carbonyl (C=O) groups excluding carboxylic acids is 1. The molecule has 3 rings (SSSR count). The quantitative estimate of drug-likeness (QED) is 0.446. The molecule has 28 heavy (non-hydrogen) atoms. The zero-order chi connectivity index (χ0) is 20.1. The topological polar surface area (TPSA) is 87.8 Å². The lowest BCUT2D eigenvalue weighted by Crippen LogP contribution is -2.22. The Hall–Kier alpha value is -3.13. The zero-order valence-corrected chi connectivity index (χ0v) is 16.4. The number of rotatable bonds is 6. The maximum Gasteiger partial charge on any atom is 0.270 e. The summed E-state index contributed by atoms with van der Waals surface area (Å²) < 4.78 is 0. The van der Waals surface area contributed by atoms with Crippen molar-refractivity contribution in [3.05, 3.63) is 69.1 Å². The lowest BCUT2D eigenvalue weighted by atomic mass is 10.1. The van der Waals surface area contributed by atoms with E-state index in [2.05, 4.69) is 15.2 Å². The number of amides is 1. The summed E-state index contributed by atoms with van der Waals surface area (Å²) in [6.45, 7) is 5.54. The van der Waals surface area contributed by atoms with Crippen molar-refractivity contribution in [1.82, 2.24) is 5.32 Å². The van der Waals surface area contributed by atoms with Gasteiger partial charge in [0.1, 0.15) is 0 Å². The molecule has 2 aromatic rings. The molecule has 1 aliphatic rings. The summed E-state index contributed by atoms with van der Waals surface area (Å²) in [5.74, 6) is -0.267. The number of hydrogen-bond acceptors (Lipinski definition) is 6. The Balaban J connectivity index is 1.97. The van der Waals surface area contributed by atoms with Gasteiger partial charge in [-0.15, -0.1) is 0 Å². The highest BCUT2D eigenvalue weighted by Gasteiger charge is 2.25. The minimum atomic E-state index is -0.432. The predicted octanol–water partition coefficient (Wildman–Crippen LogP) is 4.33. The number of hydrogen-bond donors (Lipinski definition) is 1. The van der Waals surface area contributed by atoms with Crippen LogP contribution in [0.5, 0.6) is 0 Å². The Labute approximate surface area is 167 Å². The van der Waals surface area contributed by atoms with Crippen molar-refractivity contribution in [2.45, 2.75) is 13.8 Å². The minimum absolute atomic E-state index is 0.00987. The second-order valence-corrected chi connectivity index (χ2v) is 7.02. The molecular weight excluding hydrogens is 376 g/mol. The molecule has 7 nitrogen and oxygen atoms in total.